The van der Waals surface area contributed by atoms with Gasteiger partial charge in [-0.3, -0.25) is 4.79 Å². The Morgan fingerprint density at radius 2 is 1.90 bits per heavy atom. The minimum Gasteiger partial charge on any atom is -0.289 e. The van der Waals surface area contributed by atoms with E-state index in [2.05, 4.69) is 0 Å². The molecule has 0 radical (unpaired) electrons. The van der Waals surface area contributed by atoms with Crippen LogP contribution in [0.1, 0.15) is 20.3 Å². The quantitative estimate of drug-likeness (QED) is 0.595. The predicted octanol–water partition coefficient (Wildman–Crippen LogP) is 2.16. The van der Waals surface area contributed by atoms with Crippen molar-refractivity contribution in [3.8, 4) is 0 Å². The van der Waals surface area contributed by atoms with Crippen molar-refractivity contribution in [3.05, 3.63) is 0 Å². The average molecular weight is 154 g/mol. The second-order valence-electron chi connectivity index (χ2n) is 2.17. The molecule has 0 aliphatic rings. The molecule has 0 spiro atoms. The van der Waals surface area contributed by atoms with Crippen LogP contribution in [0.5, 0.6) is 0 Å². The molecule has 0 bridgehead atoms. The highest BCUT2D eigenvalue weighted by molar-refractivity contribution is 5.85. The first kappa shape index (κ1) is 9.46. The van der Waals surface area contributed by atoms with Crippen molar-refractivity contribution in [2.75, 3.05) is 0 Å². The minimum atomic E-state index is -4.66. The van der Waals surface area contributed by atoms with Crippen LogP contribution < -0.4 is 0 Å². The summed E-state index contributed by atoms with van der Waals surface area (Å²) in [6.45, 7) is 2.82. The molecule has 4 heteroatoms. The number of carbonyl (C=O) groups excluding carboxylic acids is 1. The van der Waals surface area contributed by atoms with Gasteiger partial charge in [0.25, 0.3) is 0 Å². The SMILES string of the molecule is CCC(C)C(=O)C(F)(F)F. The third kappa shape index (κ3) is 2.37. The Morgan fingerprint density at radius 3 is 2.00 bits per heavy atom. The number of Topliss-reactive ketones (excluding diaryl/α,β-unsaturated/α-hetero) is 1. The molecule has 1 atom stereocenters. The molecule has 0 N–H and O–H groups in total. The summed E-state index contributed by atoms with van der Waals surface area (Å²) in [5.74, 6) is -2.53. The molecular weight excluding hydrogens is 145 g/mol. The highest BCUT2D eigenvalue weighted by atomic mass is 19.4. The second-order valence-corrected chi connectivity index (χ2v) is 2.17. The van der Waals surface area contributed by atoms with Crippen molar-refractivity contribution >= 4 is 5.78 Å². The molecule has 0 rings (SSSR count). The molecule has 0 fully saturated rings. The highest BCUT2D eigenvalue weighted by Gasteiger charge is 2.40. The van der Waals surface area contributed by atoms with Gasteiger partial charge in [0.1, 0.15) is 0 Å². The average Bonchev–Trinajstić information content (AvgIpc) is 1.83. The zero-order valence-corrected chi connectivity index (χ0v) is 5.83. The second kappa shape index (κ2) is 3.03. The van der Waals surface area contributed by atoms with E-state index in [1.807, 2.05) is 0 Å². The van der Waals surface area contributed by atoms with Gasteiger partial charge >= 0.3 is 6.18 Å². The highest BCUT2D eigenvalue weighted by Crippen LogP contribution is 2.21. The molecule has 0 amide bonds. The number of carbonyl (C=O) groups is 1. The van der Waals surface area contributed by atoms with Gasteiger partial charge in [0.15, 0.2) is 0 Å². The molecular formula is C6H9F3O. The summed E-state index contributed by atoms with van der Waals surface area (Å²) in [5.41, 5.74) is 0. The fourth-order valence-corrected chi connectivity index (χ4v) is 0.465. The van der Waals surface area contributed by atoms with Crippen LogP contribution in [0.25, 0.3) is 0 Å². The van der Waals surface area contributed by atoms with Crippen molar-refractivity contribution in [2.24, 2.45) is 5.92 Å². The Kier molecular flexibility index (Phi) is 2.87. The fraction of sp³-hybridized carbons (Fsp3) is 0.833. The number of hydrogen-bond donors (Lipinski definition) is 0. The molecule has 0 aromatic heterocycles. The van der Waals surface area contributed by atoms with E-state index >= 15 is 0 Å². The maximum atomic E-state index is 11.5. The Hall–Kier alpha value is -0.540. The van der Waals surface area contributed by atoms with Crippen LogP contribution in [0.3, 0.4) is 0 Å². The number of hydrogen-bond acceptors (Lipinski definition) is 1. The van der Waals surface area contributed by atoms with Crippen molar-refractivity contribution < 1.29 is 18.0 Å². The maximum Gasteiger partial charge on any atom is 0.450 e. The van der Waals surface area contributed by atoms with Gasteiger partial charge in [0, 0.05) is 5.92 Å². The monoisotopic (exact) mass is 154 g/mol. The van der Waals surface area contributed by atoms with E-state index in [-0.39, 0.29) is 6.42 Å². The number of ketones is 1. The van der Waals surface area contributed by atoms with Crippen LogP contribution in [-0.4, -0.2) is 12.0 Å². The molecule has 10 heavy (non-hydrogen) atoms. The van der Waals surface area contributed by atoms with Crippen molar-refractivity contribution in [1.82, 2.24) is 0 Å². The Labute approximate surface area is 57.2 Å². The van der Waals surface area contributed by atoms with Gasteiger partial charge in [0.05, 0.1) is 0 Å². The molecule has 0 saturated carbocycles. The smallest absolute Gasteiger partial charge is 0.289 e. The van der Waals surface area contributed by atoms with Gasteiger partial charge in [-0.15, -0.1) is 0 Å². The van der Waals surface area contributed by atoms with Crippen LogP contribution >= 0.6 is 0 Å². The van der Waals surface area contributed by atoms with Crippen LogP contribution in [-0.2, 0) is 4.79 Å². The summed E-state index contributed by atoms with van der Waals surface area (Å²) >= 11 is 0. The Bertz CT molecular complexity index is 127. The molecule has 0 aliphatic heterocycles. The molecule has 0 saturated heterocycles. The van der Waals surface area contributed by atoms with Crippen molar-refractivity contribution in [2.45, 2.75) is 26.4 Å². The summed E-state index contributed by atoms with van der Waals surface area (Å²) in [6.07, 6.45) is -4.42. The summed E-state index contributed by atoms with van der Waals surface area (Å²) in [5, 5.41) is 0. The molecule has 0 aliphatic carbocycles. The predicted molar refractivity (Wildman–Crippen MR) is 30.5 cm³/mol. The van der Waals surface area contributed by atoms with Gasteiger partial charge in [-0.25, -0.2) is 0 Å². The summed E-state index contributed by atoms with van der Waals surface area (Å²) in [6, 6.07) is 0. The summed E-state index contributed by atoms with van der Waals surface area (Å²) in [7, 11) is 0. The minimum absolute atomic E-state index is 0.234. The van der Waals surface area contributed by atoms with E-state index in [1.54, 1.807) is 6.92 Å². The first-order valence-electron chi connectivity index (χ1n) is 3.00. The van der Waals surface area contributed by atoms with Gasteiger partial charge in [-0.05, 0) is 6.42 Å². The van der Waals surface area contributed by atoms with E-state index in [0.717, 1.165) is 0 Å². The Balaban J connectivity index is 4.09. The van der Waals surface area contributed by atoms with Crippen LogP contribution in [0.4, 0.5) is 13.2 Å². The van der Waals surface area contributed by atoms with Gasteiger partial charge in [-0.1, -0.05) is 13.8 Å². The lowest BCUT2D eigenvalue weighted by molar-refractivity contribution is -0.175. The lowest BCUT2D eigenvalue weighted by Crippen LogP contribution is -2.28. The zero-order chi connectivity index (χ0) is 8.36. The van der Waals surface area contributed by atoms with E-state index in [9.17, 15) is 18.0 Å². The fourth-order valence-electron chi connectivity index (χ4n) is 0.465. The van der Waals surface area contributed by atoms with Gasteiger partial charge < -0.3 is 0 Å². The first-order chi connectivity index (χ1) is 4.39. The van der Waals surface area contributed by atoms with E-state index < -0.39 is 17.9 Å². The molecule has 0 aromatic carbocycles. The topological polar surface area (TPSA) is 17.1 Å². The molecule has 1 nitrogen and oxygen atoms in total. The summed E-state index contributed by atoms with van der Waals surface area (Å²) in [4.78, 5) is 10.3. The van der Waals surface area contributed by atoms with Crippen LogP contribution in [0.15, 0.2) is 0 Å². The van der Waals surface area contributed by atoms with Crippen LogP contribution in [0, 0.1) is 5.92 Å². The largest absolute Gasteiger partial charge is 0.450 e. The molecule has 0 aromatic rings. The lowest BCUT2D eigenvalue weighted by atomic mass is 10.0. The van der Waals surface area contributed by atoms with Gasteiger partial charge in [0.2, 0.25) is 5.78 Å². The zero-order valence-electron chi connectivity index (χ0n) is 5.83. The molecule has 1 unspecified atom stereocenters. The van der Waals surface area contributed by atoms with Crippen molar-refractivity contribution in [3.63, 3.8) is 0 Å². The van der Waals surface area contributed by atoms with E-state index in [0.29, 0.717) is 0 Å². The normalized spacial score (nSPS) is 14.9. The number of rotatable bonds is 2. The summed E-state index contributed by atoms with van der Waals surface area (Å²) < 4.78 is 34.6. The Morgan fingerprint density at radius 1 is 1.50 bits per heavy atom. The van der Waals surface area contributed by atoms with E-state index in [4.69, 9.17) is 0 Å². The van der Waals surface area contributed by atoms with Gasteiger partial charge in [-0.2, -0.15) is 13.2 Å². The third-order valence-corrected chi connectivity index (χ3v) is 1.34. The van der Waals surface area contributed by atoms with Crippen molar-refractivity contribution in [1.29, 1.82) is 0 Å². The van der Waals surface area contributed by atoms with Crippen LogP contribution in [0.2, 0.25) is 0 Å². The van der Waals surface area contributed by atoms with E-state index in [1.165, 1.54) is 6.92 Å². The molecule has 0 heterocycles. The maximum absolute atomic E-state index is 11.5. The standard InChI is InChI=1S/C6H9F3O/c1-3-4(2)5(10)6(7,8)9/h4H,3H2,1-2H3. The molecule has 60 valence electrons. The first-order valence-corrected chi connectivity index (χ1v) is 3.00. The third-order valence-electron chi connectivity index (χ3n) is 1.34. The number of halogens is 3. The lowest BCUT2D eigenvalue weighted by Gasteiger charge is -2.09. The number of alkyl halides is 3.